The number of allylic oxidation sites excluding steroid dienone is 20. The summed E-state index contributed by atoms with van der Waals surface area (Å²) in [5.41, 5.74) is 0. The largest absolute Gasteiger partial charge is 0.462 e. The SMILES string of the molecule is CC/C=C\C/C=C\C/C=C\C/C=C\C/C=C\C/C=C\C/C=C\CCCCCCCC(=O)OCC(COC(=O)CCCCCCC/C=C\C/C=C\CCCCC)OC(=O)CCCCCCCCC/C=C\CCCCCCCCC. The number of unbranched alkanes of at least 4 members (excludes halogenated alkanes) is 27. The standard InChI is InChI=1S/C72H120O6/c1-4-7-10-13-16-19-22-25-28-30-32-33-34-35-36-37-38-39-40-42-44-47-50-53-56-59-62-65-71(74)77-68-69(67-76-70(73)64-61-58-55-52-49-46-43-27-24-21-18-15-12-9-6-3)78-72(75)66-63-60-57-54-51-48-45-41-31-29-26-23-20-17-14-11-8-5-2/h7,10,16,18-19,21,25,27-29,31-33,35-36,38-39,42-44,69H,4-6,8-9,11-15,17,20,22-24,26,30,34,37,40-41,45-68H2,1-3H3/b10-7-,19-16-,21-18-,28-25-,31-29-,33-32-,36-35-,39-38-,43-27-,44-42-. The molecule has 1 atom stereocenters. The van der Waals surface area contributed by atoms with Crippen molar-refractivity contribution in [1.29, 1.82) is 0 Å². The van der Waals surface area contributed by atoms with E-state index in [2.05, 4.69) is 142 Å². The van der Waals surface area contributed by atoms with Gasteiger partial charge in [0.05, 0.1) is 0 Å². The first-order valence-corrected chi connectivity index (χ1v) is 32.5. The van der Waals surface area contributed by atoms with Crippen LogP contribution in [0.4, 0.5) is 0 Å². The lowest BCUT2D eigenvalue weighted by Crippen LogP contribution is -2.30. The monoisotopic (exact) mass is 1080 g/mol. The molecule has 0 heterocycles. The van der Waals surface area contributed by atoms with E-state index in [1.165, 1.54) is 109 Å². The van der Waals surface area contributed by atoms with Gasteiger partial charge in [-0.05, 0) is 135 Å². The smallest absolute Gasteiger partial charge is 0.306 e. The van der Waals surface area contributed by atoms with Gasteiger partial charge in [-0.1, -0.05) is 264 Å². The summed E-state index contributed by atoms with van der Waals surface area (Å²) < 4.78 is 16.9. The molecule has 0 saturated carbocycles. The van der Waals surface area contributed by atoms with Crippen molar-refractivity contribution < 1.29 is 28.6 Å². The third-order valence-electron chi connectivity index (χ3n) is 13.7. The third-order valence-corrected chi connectivity index (χ3v) is 13.7. The van der Waals surface area contributed by atoms with Gasteiger partial charge in [0, 0.05) is 19.3 Å². The van der Waals surface area contributed by atoms with Crippen molar-refractivity contribution in [2.45, 2.75) is 303 Å². The third kappa shape index (κ3) is 62.7. The molecule has 0 spiro atoms. The predicted molar refractivity (Wildman–Crippen MR) is 339 cm³/mol. The van der Waals surface area contributed by atoms with Gasteiger partial charge in [-0.3, -0.25) is 14.4 Å². The molecule has 6 nitrogen and oxygen atoms in total. The summed E-state index contributed by atoms with van der Waals surface area (Å²) in [6.07, 6.45) is 90.5. The molecule has 0 aromatic carbocycles. The number of ether oxygens (including phenoxy) is 3. The Balaban J connectivity index is 4.42. The lowest BCUT2D eigenvalue weighted by Gasteiger charge is -2.18. The average Bonchev–Trinajstić information content (AvgIpc) is 3.44. The highest BCUT2D eigenvalue weighted by Gasteiger charge is 2.19. The van der Waals surface area contributed by atoms with Crippen molar-refractivity contribution in [3.63, 3.8) is 0 Å². The van der Waals surface area contributed by atoms with Crippen molar-refractivity contribution >= 4 is 17.9 Å². The van der Waals surface area contributed by atoms with Crippen LogP contribution >= 0.6 is 0 Å². The van der Waals surface area contributed by atoms with Gasteiger partial charge in [0.15, 0.2) is 6.10 Å². The molecule has 78 heavy (non-hydrogen) atoms. The van der Waals surface area contributed by atoms with Gasteiger partial charge in [-0.15, -0.1) is 0 Å². The minimum absolute atomic E-state index is 0.0950. The zero-order chi connectivity index (χ0) is 56.4. The molecule has 1 unspecified atom stereocenters. The Kier molecular flexibility index (Phi) is 61.8. The average molecular weight is 1080 g/mol. The van der Waals surface area contributed by atoms with Crippen LogP contribution in [0.25, 0.3) is 0 Å². The van der Waals surface area contributed by atoms with Gasteiger partial charge < -0.3 is 14.2 Å². The molecule has 444 valence electrons. The van der Waals surface area contributed by atoms with Crippen molar-refractivity contribution in [3.05, 3.63) is 122 Å². The second-order valence-electron chi connectivity index (χ2n) is 21.3. The summed E-state index contributed by atoms with van der Waals surface area (Å²) in [6, 6.07) is 0. The summed E-state index contributed by atoms with van der Waals surface area (Å²) in [5.74, 6) is -0.926. The second-order valence-corrected chi connectivity index (χ2v) is 21.3. The fourth-order valence-corrected chi connectivity index (χ4v) is 8.80. The molecule has 0 rings (SSSR count). The number of carbonyl (C=O) groups is 3. The molecule has 0 aliphatic carbocycles. The van der Waals surface area contributed by atoms with E-state index in [0.29, 0.717) is 19.3 Å². The quantitative estimate of drug-likeness (QED) is 0.0261. The first kappa shape index (κ1) is 73.8. The first-order valence-electron chi connectivity index (χ1n) is 32.5. The Morgan fingerprint density at radius 2 is 0.500 bits per heavy atom. The molecule has 0 saturated heterocycles. The topological polar surface area (TPSA) is 78.9 Å². The molecule has 0 fully saturated rings. The molecule has 0 N–H and O–H groups in total. The van der Waals surface area contributed by atoms with E-state index in [9.17, 15) is 14.4 Å². The summed E-state index contributed by atoms with van der Waals surface area (Å²) in [4.78, 5) is 38.3. The van der Waals surface area contributed by atoms with Crippen LogP contribution < -0.4 is 0 Å². The Bertz CT molecular complexity index is 1620. The summed E-state index contributed by atoms with van der Waals surface area (Å²) in [7, 11) is 0. The maximum atomic E-state index is 12.9. The molecule has 0 radical (unpaired) electrons. The van der Waals surface area contributed by atoms with Crippen LogP contribution in [0.1, 0.15) is 297 Å². The van der Waals surface area contributed by atoms with Crippen LogP contribution in [0.5, 0.6) is 0 Å². The molecule has 0 aromatic heterocycles. The Hall–Kier alpha value is -4.19. The Morgan fingerprint density at radius 1 is 0.269 bits per heavy atom. The van der Waals surface area contributed by atoms with E-state index in [0.717, 1.165) is 148 Å². The number of esters is 3. The number of rotatable bonds is 58. The highest BCUT2D eigenvalue weighted by atomic mass is 16.6. The van der Waals surface area contributed by atoms with Gasteiger partial charge in [-0.25, -0.2) is 0 Å². The van der Waals surface area contributed by atoms with E-state index in [1.54, 1.807) is 0 Å². The van der Waals surface area contributed by atoms with Crippen LogP contribution in [-0.4, -0.2) is 37.2 Å². The van der Waals surface area contributed by atoms with E-state index in [-0.39, 0.29) is 31.1 Å². The Morgan fingerprint density at radius 3 is 0.821 bits per heavy atom. The predicted octanol–water partition coefficient (Wildman–Crippen LogP) is 22.4. The molecule has 0 aliphatic rings. The van der Waals surface area contributed by atoms with Crippen molar-refractivity contribution in [2.75, 3.05) is 13.2 Å². The zero-order valence-electron chi connectivity index (χ0n) is 50.9. The minimum Gasteiger partial charge on any atom is -0.462 e. The lowest BCUT2D eigenvalue weighted by molar-refractivity contribution is -0.167. The van der Waals surface area contributed by atoms with Gasteiger partial charge in [0.1, 0.15) is 13.2 Å². The summed E-state index contributed by atoms with van der Waals surface area (Å²) >= 11 is 0. The number of carbonyl (C=O) groups excluding carboxylic acids is 3. The molecule has 0 bridgehead atoms. The van der Waals surface area contributed by atoms with Crippen LogP contribution in [0.15, 0.2) is 122 Å². The summed E-state index contributed by atoms with van der Waals surface area (Å²) in [5, 5.41) is 0. The van der Waals surface area contributed by atoms with Crippen molar-refractivity contribution in [1.82, 2.24) is 0 Å². The molecular weight excluding hydrogens is 961 g/mol. The fraction of sp³-hybridized carbons (Fsp3) is 0.681. The van der Waals surface area contributed by atoms with Crippen molar-refractivity contribution in [3.8, 4) is 0 Å². The second kappa shape index (κ2) is 65.3. The van der Waals surface area contributed by atoms with Crippen molar-refractivity contribution in [2.24, 2.45) is 0 Å². The highest BCUT2D eigenvalue weighted by Crippen LogP contribution is 2.15. The normalized spacial score (nSPS) is 12.9. The number of hydrogen-bond acceptors (Lipinski definition) is 6. The Labute approximate surface area is 482 Å². The van der Waals surface area contributed by atoms with Gasteiger partial charge in [0.25, 0.3) is 0 Å². The van der Waals surface area contributed by atoms with E-state index in [1.807, 2.05) is 0 Å². The molecular formula is C72H120O6. The fourth-order valence-electron chi connectivity index (χ4n) is 8.80. The van der Waals surface area contributed by atoms with Crippen LogP contribution in [-0.2, 0) is 28.6 Å². The van der Waals surface area contributed by atoms with Gasteiger partial charge in [0.2, 0.25) is 0 Å². The lowest BCUT2D eigenvalue weighted by atomic mass is 10.1. The van der Waals surface area contributed by atoms with E-state index < -0.39 is 6.10 Å². The van der Waals surface area contributed by atoms with E-state index in [4.69, 9.17) is 14.2 Å². The van der Waals surface area contributed by atoms with Gasteiger partial charge in [-0.2, -0.15) is 0 Å². The minimum atomic E-state index is -0.799. The maximum Gasteiger partial charge on any atom is 0.306 e. The molecule has 0 amide bonds. The number of hydrogen-bond donors (Lipinski definition) is 0. The molecule has 0 aromatic rings. The summed E-state index contributed by atoms with van der Waals surface area (Å²) in [6.45, 7) is 6.48. The maximum absolute atomic E-state index is 12.9. The highest BCUT2D eigenvalue weighted by molar-refractivity contribution is 5.71. The molecule has 0 aliphatic heterocycles. The zero-order valence-corrected chi connectivity index (χ0v) is 50.9. The van der Waals surface area contributed by atoms with Crippen LogP contribution in [0, 0.1) is 0 Å². The van der Waals surface area contributed by atoms with Crippen LogP contribution in [0.2, 0.25) is 0 Å². The first-order chi connectivity index (χ1) is 38.5. The van der Waals surface area contributed by atoms with Gasteiger partial charge >= 0.3 is 17.9 Å². The molecule has 6 heteroatoms. The van der Waals surface area contributed by atoms with E-state index >= 15 is 0 Å². The van der Waals surface area contributed by atoms with Crippen LogP contribution in [0.3, 0.4) is 0 Å².